The summed E-state index contributed by atoms with van der Waals surface area (Å²) in [4.78, 5) is 12.2. The lowest BCUT2D eigenvalue weighted by Gasteiger charge is -2.14. The smallest absolute Gasteiger partial charge is 0.407 e. The summed E-state index contributed by atoms with van der Waals surface area (Å²) in [5.74, 6) is 0.0388. The predicted molar refractivity (Wildman–Crippen MR) is 201 cm³/mol. The molecule has 1 aliphatic carbocycles. The van der Waals surface area contributed by atoms with E-state index < -0.39 is 6.09 Å². The first-order chi connectivity index (χ1) is 26.3. The Labute approximate surface area is 316 Å². The summed E-state index contributed by atoms with van der Waals surface area (Å²) in [5.41, 5.74) is 4.78. The molecule has 0 radical (unpaired) electrons. The average Bonchev–Trinajstić information content (AvgIpc) is 3.50. The first-order valence-corrected chi connectivity index (χ1v) is 19.2. The maximum Gasteiger partial charge on any atom is 0.407 e. The molecule has 0 atom stereocenters. The lowest BCUT2D eigenvalue weighted by molar-refractivity contribution is -0.0264. The van der Waals surface area contributed by atoms with E-state index in [4.69, 9.17) is 52.1 Å². The number of amides is 1. The fourth-order valence-corrected chi connectivity index (χ4v) is 5.41. The van der Waals surface area contributed by atoms with Crippen LogP contribution in [-0.4, -0.2) is 151 Å². The first-order valence-electron chi connectivity index (χ1n) is 19.2. The van der Waals surface area contributed by atoms with Crippen LogP contribution < -0.4 is 5.32 Å². The van der Waals surface area contributed by atoms with Crippen molar-refractivity contribution in [2.24, 2.45) is 0 Å². The lowest BCUT2D eigenvalue weighted by Crippen LogP contribution is -2.29. The van der Waals surface area contributed by atoms with Crippen LogP contribution in [0.2, 0.25) is 0 Å². The number of hydrogen-bond donors (Lipinski definition) is 1. The topological polar surface area (TPSA) is 131 Å². The molecule has 0 unspecified atom stereocenters. The Morgan fingerprint density at radius 2 is 0.811 bits per heavy atom. The van der Waals surface area contributed by atoms with Crippen molar-refractivity contribution in [3.05, 3.63) is 59.7 Å². The van der Waals surface area contributed by atoms with Gasteiger partial charge in [-0.05, 0) is 28.7 Å². The minimum Gasteiger partial charge on any atom is -0.449 e. The minimum absolute atomic E-state index is 0.0388. The summed E-state index contributed by atoms with van der Waals surface area (Å²) in [6, 6.07) is 16.5. The minimum atomic E-state index is -0.450. The summed E-state index contributed by atoms with van der Waals surface area (Å²) >= 11 is 0. The second-order valence-electron chi connectivity index (χ2n) is 12.1. The molecule has 13 nitrogen and oxygen atoms in total. The highest BCUT2D eigenvalue weighted by atomic mass is 16.6. The molecule has 2 aromatic rings. The van der Waals surface area contributed by atoms with E-state index in [1.165, 1.54) is 35.1 Å². The third-order valence-electron chi connectivity index (χ3n) is 8.10. The molecular formula is C40H63NO12. The van der Waals surface area contributed by atoms with Gasteiger partial charge in [0.1, 0.15) is 6.61 Å². The fraction of sp³-hybridized carbons (Fsp3) is 0.675. The van der Waals surface area contributed by atoms with Crippen LogP contribution in [0.4, 0.5) is 4.79 Å². The van der Waals surface area contributed by atoms with E-state index in [9.17, 15) is 4.79 Å². The lowest BCUT2D eigenvalue weighted by atomic mass is 9.98. The van der Waals surface area contributed by atoms with Crippen molar-refractivity contribution in [3.8, 4) is 11.1 Å². The number of unbranched alkanes of at least 4 members (excludes halogenated alkanes) is 2. The largest absolute Gasteiger partial charge is 0.449 e. The second-order valence-corrected chi connectivity index (χ2v) is 12.1. The molecule has 1 N–H and O–H groups in total. The number of alkyl carbamates (subject to hydrolysis) is 1. The molecular weight excluding hydrogens is 686 g/mol. The van der Waals surface area contributed by atoms with Crippen LogP contribution in [0, 0.1) is 0 Å². The Morgan fingerprint density at radius 3 is 1.19 bits per heavy atom. The van der Waals surface area contributed by atoms with Crippen LogP contribution in [0.5, 0.6) is 0 Å². The van der Waals surface area contributed by atoms with E-state index in [2.05, 4.69) is 36.5 Å². The Morgan fingerprint density at radius 1 is 0.472 bits per heavy atom. The van der Waals surface area contributed by atoms with E-state index in [0.717, 1.165) is 13.0 Å². The highest BCUT2D eigenvalue weighted by Crippen LogP contribution is 2.44. The van der Waals surface area contributed by atoms with Gasteiger partial charge in [0.15, 0.2) is 0 Å². The third-order valence-corrected chi connectivity index (χ3v) is 8.10. The zero-order valence-electron chi connectivity index (χ0n) is 31.8. The van der Waals surface area contributed by atoms with Gasteiger partial charge in [0.25, 0.3) is 0 Å². The zero-order chi connectivity index (χ0) is 37.3. The molecule has 1 amide bonds. The van der Waals surface area contributed by atoms with Crippen LogP contribution >= 0.6 is 0 Å². The molecule has 2 aromatic carbocycles. The van der Waals surface area contributed by atoms with Crippen molar-refractivity contribution < 1.29 is 56.9 Å². The normalized spacial score (nSPS) is 12.2. The monoisotopic (exact) mass is 749 g/mol. The summed E-state index contributed by atoms with van der Waals surface area (Å²) in [7, 11) is 0. The van der Waals surface area contributed by atoms with Crippen molar-refractivity contribution in [1.29, 1.82) is 0 Å². The fourth-order valence-electron chi connectivity index (χ4n) is 5.41. The molecule has 0 aromatic heterocycles. The van der Waals surface area contributed by atoms with E-state index >= 15 is 0 Å². The number of carbonyl (C=O) groups excluding carboxylic acids is 1. The van der Waals surface area contributed by atoms with Gasteiger partial charge in [0.2, 0.25) is 0 Å². The zero-order valence-corrected chi connectivity index (χ0v) is 31.8. The Bertz CT molecular complexity index is 1130. The molecule has 13 heteroatoms. The molecule has 3 rings (SSSR count). The van der Waals surface area contributed by atoms with Gasteiger partial charge < -0.3 is 57.4 Å². The van der Waals surface area contributed by atoms with Crippen molar-refractivity contribution in [2.45, 2.75) is 32.1 Å². The number of ether oxygens (including phenoxy) is 11. The summed E-state index contributed by atoms with van der Waals surface area (Å²) in [6.45, 7) is 13.2. The molecule has 1 aliphatic rings. The SMILES string of the molecule is CCCCCOCCOCCOCCOCCOCCOCCOCCOCCOCCOCCNC(=O)OCC1c2ccccc2-c2ccccc21. The first kappa shape index (κ1) is 44.7. The number of rotatable bonds is 36. The van der Waals surface area contributed by atoms with Crippen LogP contribution in [0.25, 0.3) is 11.1 Å². The van der Waals surface area contributed by atoms with Gasteiger partial charge in [0.05, 0.1) is 126 Å². The van der Waals surface area contributed by atoms with Gasteiger partial charge in [-0.2, -0.15) is 0 Å². The van der Waals surface area contributed by atoms with Crippen LogP contribution in [0.3, 0.4) is 0 Å². The molecule has 0 aliphatic heterocycles. The van der Waals surface area contributed by atoms with E-state index in [1.54, 1.807) is 0 Å². The molecule has 0 bridgehead atoms. The van der Waals surface area contributed by atoms with E-state index in [1.807, 2.05) is 24.3 Å². The van der Waals surface area contributed by atoms with Crippen molar-refractivity contribution in [3.63, 3.8) is 0 Å². The highest BCUT2D eigenvalue weighted by Gasteiger charge is 2.28. The molecule has 300 valence electrons. The number of fused-ring (bicyclic) bond motifs is 3. The second kappa shape index (κ2) is 31.6. The van der Waals surface area contributed by atoms with Gasteiger partial charge in [-0.3, -0.25) is 0 Å². The Hall–Kier alpha value is -2.69. The number of carbonyl (C=O) groups is 1. The van der Waals surface area contributed by atoms with E-state index in [-0.39, 0.29) is 12.5 Å². The standard InChI is InChI=1S/C40H63NO12/c1-2-3-8-14-43-16-18-45-20-22-47-24-26-49-28-30-51-32-33-52-31-29-50-27-25-48-23-21-46-19-17-44-15-13-41-40(42)53-34-39-37-11-6-4-9-35(37)36-10-5-7-12-38(36)39/h4-7,9-12,39H,2-3,8,13-34H2,1H3,(H,41,42). The van der Waals surface area contributed by atoms with Crippen molar-refractivity contribution in [2.75, 3.05) is 145 Å². The summed E-state index contributed by atoms with van der Waals surface area (Å²) < 4.78 is 60.5. The molecule has 53 heavy (non-hydrogen) atoms. The number of benzene rings is 2. The van der Waals surface area contributed by atoms with E-state index in [0.29, 0.717) is 132 Å². The molecule has 0 saturated heterocycles. The van der Waals surface area contributed by atoms with Gasteiger partial charge in [-0.25, -0.2) is 4.79 Å². The number of nitrogens with one attached hydrogen (secondary N) is 1. The predicted octanol–water partition coefficient (Wildman–Crippen LogP) is 4.88. The summed E-state index contributed by atoms with van der Waals surface area (Å²) in [6.07, 6.45) is 3.08. The molecule has 0 heterocycles. The highest BCUT2D eigenvalue weighted by molar-refractivity contribution is 5.79. The van der Waals surface area contributed by atoms with Gasteiger partial charge in [-0.15, -0.1) is 0 Å². The van der Waals surface area contributed by atoms with Crippen LogP contribution in [0.15, 0.2) is 48.5 Å². The third kappa shape index (κ3) is 21.1. The van der Waals surface area contributed by atoms with Gasteiger partial charge in [-0.1, -0.05) is 68.3 Å². The summed E-state index contributed by atoms with van der Waals surface area (Å²) in [5, 5.41) is 2.74. The maximum absolute atomic E-state index is 12.2. The van der Waals surface area contributed by atoms with Crippen LogP contribution in [-0.2, 0) is 52.1 Å². The van der Waals surface area contributed by atoms with Crippen molar-refractivity contribution >= 4 is 6.09 Å². The number of hydrogen-bond acceptors (Lipinski definition) is 12. The Balaban J connectivity index is 0.952. The molecule has 0 fully saturated rings. The average molecular weight is 750 g/mol. The maximum atomic E-state index is 12.2. The Kier molecular flexibility index (Phi) is 26.7. The molecule has 0 saturated carbocycles. The van der Waals surface area contributed by atoms with Crippen molar-refractivity contribution in [1.82, 2.24) is 5.32 Å². The van der Waals surface area contributed by atoms with Crippen LogP contribution in [0.1, 0.15) is 43.2 Å². The quantitative estimate of drug-likeness (QED) is 0.0954. The van der Waals surface area contributed by atoms with Gasteiger partial charge in [0, 0.05) is 19.1 Å². The molecule has 0 spiro atoms. The van der Waals surface area contributed by atoms with Gasteiger partial charge >= 0.3 is 6.09 Å².